The standard InChI is InChI=1S/C16H14Cl2FNO2/c1-2-15(22-12-6-3-10(17)4-7-12)16(21)20-11-5-8-14(19)13(18)9-11/h3-9,15H,2H2,1H3,(H,20,21)/t15-/m0/s1. The van der Waals surface area contributed by atoms with Gasteiger partial charge in [0.2, 0.25) is 0 Å². The van der Waals surface area contributed by atoms with Crippen LogP contribution >= 0.6 is 23.2 Å². The Morgan fingerprint density at radius 3 is 2.50 bits per heavy atom. The molecule has 2 rings (SSSR count). The number of rotatable bonds is 5. The van der Waals surface area contributed by atoms with E-state index in [0.29, 0.717) is 22.9 Å². The molecular weight excluding hydrogens is 328 g/mol. The predicted octanol–water partition coefficient (Wildman–Crippen LogP) is 4.93. The van der Waals surface area contributed by atoms with Crippen molar-refractivity contribution < 1.29 is 13.9 Å². The molecule has 0 saturated heterocycles. The molecule has 6 heteroatoms. The number of ether oxygens (including phenoxy) is 1. The van der Waals surface area contributed by atoms with Gasteiger partial charge in [-0.3, -0.25) is 4.79 Å². The van der Waals surface area contributed by atoms with E-state index in [-0.39, 0.29) is 10.9 Å². The molecule has 0 fully saturated rings. The molecule has 116 valence electrons. The van der Waals surface area contributed by atoms with E-state index in [9.17, 15) is 9.18 Å². The van der Waals surface area contributed by atoms with Crippen molar-refractivity contribution >= 4 is 34.8 Å². The molecule has 0 unspecified atom stereocenters. The normalized spacial score (nSPS) is 11.8. The highest BCUT2D eigenvalue weighted by Gasteiger charge is 2.19. The lowest BCUT2D eigenvalue weighted by molar-refractivity contribution is -0.122. The van der Waals surface area contributed by atoms with Crippen LogP contribution in [-0.2, 0) is 4.79 Å². The van der Waals surface area contributed by atoms with Gasteiger partial charge in [-0.15, -0.1) is 0 Å². The lowest BCUT2D eigenvalue weighted by atomic mass is 10.2. The van der Waals surface area contributed by atoms with Gasteiger partial charge in [0.25, 0.3) is 5.91 Å². The molecule has 0 heterocycles. The Labute approximate surface area is 138 Å². The molecule has 3 nitrogen and oxygen atoms in total. The van der Waals surface area contributed by atoms with E-state index < -0.39 is 11.9 Å². The fourth-order valence-corrected chi connectivity index (χ4v) is 2.10. The summed E-state index contributed by atoms with van der Waals surface area (Å²) in [6, 6.07) is 10.7. The van der Waals surface area contributed by atoms with Crippen molar-refractivity contribution in [2.75, 3.05) is 5.32 Å². The highest BCUT2D eigenvalue weighted by atomic mass is 35.5. The largest absolute Gasteiger partial charge is 0.481 e. The zero-order valence-corrected chi connectivity index (χ0v) is 13.3. The lowest BCUT2D eigenvalue weighted by Gasteiger charge is -2.17. The molecule has 0 saturated carbocycles. The molecule has 0 aliphatic heterocycles. The summed E-state index contributed by atoms with van der Waals surface area (Å²) in [4.78, 5) is 12.2. The summed E-state index contributed by atoms with van der Waals surface area (Å²) in [5.41, 5.74) is 0.412. The molecule has 0 aliphatic rings. The number of hydrogen-bond acceptors (Lipinski definition) is 2. The maximum absolute atomic E-state index is 13.1. The number of carbonyl (C=O) groups is 1. The number of hydrogen-bond donors (Lipinski definition) is 1. The van der Waals surface area contributed by atoms with Crippen LogP contribution in [0, 0.1) is 5.82 Å². The van der Waals surface area contributed by atoms with E-state index in [2.05, 4.69) is 5.32 Å². The van der Waals surface area contributed by atoms with Crippen molar-refractivity contribution in [3.63, 3.8) is 0 Å². The van der Waals surface area contributed by atoms with Crippen molar-refractivity contribution in [3.8, 4) is 5.75 Å². The van der Waals surface area contributed by atoms with Gasteiger partial charge < -0.3 is 10.1 Å². The third kappa shape index (κ3) is 4.36. The van der Waals surface area contributed by atoms with Crippen LogP contribution in [0.5, 0.6) is 5.75 Å². The monoisotopic (exact) mass is 341 g/mol. The summed E-state index contributed by atoms with van der Waals surface area (Å²) in [6.45, 7) is 1.83. The summed E-state index contributed by atoms with van der Waals surface area (Å²) in [5.74, 6) is -0.326. The Balaban J connectivity index is 2.04. The van der Waals surface area contributed by atoms with Gasteiger partial charge in [0.1, 0.15) is 11.6 Å². The fraction of sp³-hybridized carbons (Fsp3) is 0.188. The zero-order valence-electron chi connectivity index (χ0n) is 11.8. The van der Waals surface area contributed by atoms with Crippen LogP contribution in [0.25, 0.3) is 0 Å². The van der Waals surface area contributed by atoms with E-state index in [1.807, 2.05) is 6.92 Å². The smallest absolute Gasteiger partial charge is 0.265 e. The minimum Gasteiger partial charge on any atom is -0.481 e. The quantitative estimate of drug-likeness (QED) is 0.837. The van der Waals surface area contributed by atoms with Crippen LogP contribution in [0.4, 0.5) is 10.1 Å². The Morgan fingerprint density at radius 1 is 1.23 bits per heavy atom. The van der Waals surface area contributed by atoms with Crippen LogP contribution in [-0.4, -0.2) is 12.0 Å². The zero-order chi connectivity index (χ0) is 16.1. The number of benzene rings is 2. The summed E-state index contributed by atoms with van der Waals surface area (Å²) in [6.07, 6.45) is -0.200. The highest BCUT2D eigenvalue weighted by molar-refractivity contribution is 6.31. The number of halogens is 3. The average Bonchev–Trinajstić information content (AvgIpc) is 2.50. The molecule has 0 bridgehead atoms. The van der Waals surface area contributed by atoms with Gasteiger partial charge in [0.05, 0.1) is 5.02 Å². The Morgan fingerprint density at radius 2 is 1.91 bits per heavy atom. The van der Waals surface area contributed by atoms with Crippen molar-refractivity contribution in [2.45, 2.75) is 19.4 Å². The summed E-state index contributed by atoms with van der Waals surface area (Å²) >= 11 is 11.5. The maximum atomic E-state index is 13.1. The second-order valence-corrected chi connectivity index (χ2v) is 5.43. The van der Waals surface area contributed by atoms with Crippen LogP contribution in [0.1, 0.15) is 13.3 Å². The van der Waals surface area contributed by atoms with Crippen molar-refractivity contribution in [3.05, 3.63) is 58.3 Å². The third-order valence-electron chi connectivity index (χ3n) is 2.94. The topological polar surface area (TPSA) is 38.3 Å². The van der Waals surface area contributed by atoms with Crippen LogP contribution in [0.3, 0.4) is 0 Å². The molecule has 1 amide bonds. The first kappa shape index (κ1) is 16.6. The molecule has 0 aliphatic carbocycles. The van der Waals surface area contributed by atoms with Gasteiger partial charge in [0, 0.05) is 10.7 Å². The number of amides is 1. The van der Waals surface area contributed by atoms with Gasteiger partial charge in [-0.25, -0.2) is 4.39 Å². The highest BCUT2D eigenvalue weighted by Crippen LogP contribution is 2.21. The SMILES string of the molecule is CC[C@H](Oc1ccc(Cl)cc1)C(=O)Nc1ccc(F)c(Cl)c1. The molecule has 0 aromatic heterocycles. The summed E-state index contributed by atoms with van der Waals surface area (Å²) in [7, 11) is 0. The summed E-state index contributed by atoms with van der Waals surface area (Å²) < 4.78 is 18.7. The minimum absolute atomic E-state index is 0.0514. The Kier molecular flexibility index (Phi) is 5.63. The summed E-state index contributed by atoms with van der Waals surface area (Å²) in [5, 5.41) is 3.19. The molecule has 2 aromatic carbocycles. The van der Waals surface area contributed by atoms with E-state index >= 15 is 0 Å². The van der Waals surface area contributed by atoms with Gasteiger partial charge in [-0.2, -0.15) is 0 Å². The first-order valence-corrected chi connectivity index (χ1v) is 7.43. The van der Waals surface area contributed by atoms with E-state index in [1.54, 1.807) is 24.3 Å². The van der Waals surface area contributed by atoms with Gasteiger partial charge in [-0.05, 0) is 48.9 Å². The maximum Gasteiger partial charge on any atom is 0.265 e. The second-order valence-electron chi connectivity index (χ2n) is 4.59. The van der Waals surface area contributed by atoms with Crippen molar-refractivity contribution in [2.24, 2.45) is 0 Å². The molecule has 1 N–H and O–H groups in total. The van der Waals surface area contributed by atoms with Crippen molar-refractivity contribution in [1.82, 2.24) is 0 Å². The Bertz CT molecular complexity index is 662. The molecule has 22 heavy (non-hydrogen) atoms. The van der Waals surface area contributed by atoms with Gasteiger partial charge in [0.15, 0.2) is 6.10 Å². The Hall–Kier alpha value is -1.78. The van der Waals surface area contributed by atoms with Gasteiger partial charge in [-0.1, -0.05) is 30.1 Å². The van der Waals surface area contributed by atoms with Gasteiger partial charge >= 0.3 is 0 Å². The molecule has 1 atom stereocenters. The van der Waals surface area contributed by atoms with E-state index in [4.69, 9.17) is 27.9 Å². The number of nitrogens with one attached hydrogen (secondary N) is 1. The van der Waals surface area contributed by atoms with E-state index in [0.717, 1.165) is 0 Å². The molecule has 0 spiro atoms. The first-order chi connectivity index (χ1) is 10.5. The predicted molar refractivity (Wildman–Crippen MR) is 86.2 cm³/mol. The van der Waals surface area contributed by atoms with E-state index in [1.165, 1.54) is 18.2 Å². The van der Waals surface area contributed by atoms with Crippen LogP contribution < -0.4 is 10.1 Å². The minimum atomic E-state index is -0.676. The second kappa shape index (κ2) is 7.47. The third-order valence-corrected chi connectivity index (χ3v) is 3.48. The van der Waals surface area contributed by atoms with Crippen LogP contribution in [0.15, 0.2) is 42.5 Å². The number of anilines is 1. The molecular formula is C16H14Cl2FNO2. The average molecular weight is 342 g/mol. The molecule has 2 aromatic rings. The van der Waals surface area contributed by atoms with Crippen LogP contribution in [0.2, 0.25) is 10.0 Å². The number of carbonyl (C=O) groups excluding carboxylic acids is 1. The first-order valence-electron chi connectivity index (χ1n) is 6.67. The van der Waals surface area contributed by atoms with Crippen molar-refractivity contribution in [1.29, 1.82) is 0 Å². The fourth-order valence-electron chi connectivity index (χ4n) is 1.80. The molecule has 0 radical (unpaired) electrons. The lowest BCUT2D eigenvalue weighted by Crippen LogP contribution is -2.32.